The summed E-state index contributed by atoms with van der Waals surface area (Å²) in [5.41, 5.74) is 2.24. The van der Waals surface area contributed by atoms with Crippen molar-refractivity contribution in [3.05, 3.63) is 75.6 Å². The monoisotopic (exact) mass is 368 g/mol. The van der Waals surface area contributed by atoms with Gasteiger partial charge in [-0.2, -0.15) is 0 Å². The van der Waals surface area contributed by atoms with Crippen molar-refractivity contribution in [2.24, 2.45) is 0 Å². The number of non-ortho nitro benzene ring substituents is 1. The fourth-order valence-corrected chi connectivity index (χ4v) is 3.42. The number of Topliss-reactive ketones (excluding diaryl/α,β-unsaturated/α-hetero) is 1. The van der Waals surface area contributed by atoms with Crippen molar-refractivity contribution in [2.75, 3.05) is 5.75 Å². The van der Waals surface area contributed by atoms with Crippen molar-refractivity contribution < 1.29 is 9.72 Å². The molecule has 0 aliphatic rings. The number of aromatic nitrogens is 3. The standard InChI is InChI=1S/C18H16N4O3S/c1-12-6-3-4-9-16(12)21-13(2)19-20-18(21)26-11-17(23)14-7-5-8-15(10-14)22(24)25/h3-10H,11H2,1-2H3. The summed E-state index contributed by atoms with van der Waals surface area (Å²) in [5.74, 6) is 0.644. The summed E-state index contributed by atoms with van der Waals surface area (Å²) >= 11 is 1.26. The first-order chi connectivity index (χ1) is 12.5. The molecule has 0 unspecified atom stereocenters. The molecule has 0 aliphatic heterocycles. The highest BCUT2D eigenvalue weighted by Gasteiger charge is 2.16. The topological polar surface area (TPSA) is 90.9 Å². The molecule has 0 saturated carbocycles. The van der Waals surface area contributed by atoms with E-state index >= 15 is 0 Å². The maximum Gasteiger partial charge on any atom is 0.270 e. The molecule has 0 atom stereocenters. The Morgan fingerprint density at radius 1 is 1.15 bits per heavy atom. The summed E-state index contributed by atoms with van der Waals surface area (Å²) in [6.45, 7) is 3.85. The third kappa shape index (κ3) is 3.65. The molecule has 7 nitrogen and oxygen atoms in total. The number of nitro benzene ring substituents is 1. The number of benzene rings is 2. The summed E-state index contributed by atoms with van der Waals surface area (Å²) in [7, 11) is 0. The van der Waals surface area contributed by atoms with Crippen molar-refractivity contribution in [2.45, 2.75) is 19.0 Å². The number of rotatable bonds is 6. The van der Waals surface area contributed by atoms with Crippen LogP contribution >= 0.6 is 11.8 Å². The van der Waals surface area contributed by atoms with Gasteiger partial charge in [0.05, 0.1) is 16.4 Å². The number of nitrogens with zero attached hydrogens (tertiary/aromatic N) is 4. The van der Waals surface area contributed by atoms with Gasteiger partial charge in [0.2, 0.25) is 0 Å². The first kappa shape index (κ1) is 17.8. The number of nitro groups is 1. The van der Waals surface area contributed by atoms with E-state index in [0.29, 0.717) is 10.7 Å². The molecule has 0 aliphatic carbocycles. The quantitative estimate of drug-likeness (QED) is 0.285. The van der Waals surface area contributed by atoms with E-state index in [4.69, 9.17) is 0 Å². The van der Waals surface area contributed by atoms with Crippen LogP contribution in [-0.4, -0.2) is 31.2 Å². The lowest BCUT2D eigenvalue weighted by molar-refractivity contribution is -0.384. The van der Waals surface area contributed by atoms with Crippen LogP contribution in [0.1, 0.15) is 21.7 Å². The zero-order chi connectivity index (χ0) is 18.7. The van der Waals surface area contributed by atoms with Crippen LogP contribution in [0.4, 0.5) is 5.69 Å². The minimum absolute atomic E-state index is 0.0974. The zero-order valence-corrected chi connectivity index (χ0v) is 15.1. The van der Waals surface area contributed by atoms with Gasteiger partial charge in [0, 0.05) is 17.7 Å². The predicted molar refractivity (Wildman–Crippen MR) is 99.0 cm³/mol. The molecular weight excluding hydrogens is 352 g/mol. The van der Waals surface area contributed by atoms with Gasteiger partial charge in [-0.3, -0.25) is 19.5 Å². The molecular formula is C18H16N4O3S. The molecule has 1 aromatic heterocycles. The summed E-state index contributed by atoms with van der Waals surface area (Å²) in [6, 6.07) is 13.6. The van der Waals surface area contributed by atoms with Crippen LogP contribution in [0.3, 0.4) is 0 Å². The number of aryl methyl sites for hydroxylation is 2. The normalized spacial score (nSPS) is 10.7. The predicted octanol–water partition coefficient (Wildman–Crippen LogP) is 3.77. The van der Waals surface area contributed by atoms with Crippen LogP contribution in [0.5, 0.6) is 0 Å². The first-order valence-corrected chi connectivity index (χ1v) is 8.84. The number of carbonyl (C=O) groups is 1. The van der Waals surface area contributed by atoms with Gasteiger partial charge in [-0.25, -0.2) is 0 Å². The Kier molecular flexibility index (Phi) is 5.13. The fourth-order valence-electron chi connectivity index (χ4n) is 2.53. The molecule has 0 N–H and O–H groups in total. The Hall–Kier alpha value is -3.00. The van der Waals surface area contributed by atoms with E-state index in [9.17, 15) is 14.9 Å². The lowest BCUT2D eigenvalue weighted by atomic mass is 10.1. The Morgan fingerprint density at radius 2 is 1.92 bits per heavy atom. The first-order valence-electron chi connectivity index (χ1n) is 7.86. The molecule has 3 rings (SSSR count). The molecule has 0 bridgehead atoms. The number of para-hydroxylation sites is 1. The van der Waals surface area contributed by atoms with E-state index in [-0.39, 0.29) is 17.2 Å². The van der Waals surface area contributed by atoms with Crippen LogP contribution in [-0.2, 0) is 0 Å². The average Bonchev–Trinajstić information content (AvgIpc) is 3.00. The maximum absolute atomic E-state index is 12.4. The molecule has 2 aromatic carbocycles. The second-order valence-electron chi connectivity index (χ2n) is 5.67. The minimum Gasteiger partial charge on any atom is -0.293 e. The van der Waals surface area contributed by atoms with Gasteiger partial charge >= 0.3 is 0 Å². The van der Waals surface area contributed by atoms with E-state index in [0.717, 1.165) is 17.1 Å². The van der Waals surface area contributed by atoms with Crippen molar-refractivity contribution in [3.63, 3.8) is 0 Å². The average molecular weight is 368 g/mol. The van der Waals surface area contributed by atoms with E-state index in [2.05, 4.69) is 10.2 Å². The Labute approximate surface area is 154 Å². The van der Waals surface area contributed by atoms with Gasteiger partial charge in [-0.15, -0.1) is 10.2 Å². The van der Waals surface area contributed by atoms with Crippen LogP contribution in [0.25, 0.3) is 5.69 Å². The van der Waals surface area contributed by atoms with E-state index in [1.807, 2.05) is 42.7 Å². The van der Waals surface area contributed by atoms with Gasteiger partial charge in [-0.05, 0) is 25.5 Å². The Bertz CT molecular complexity index is 984. The minimum atomic E-state index is -0.512. The van der Waals surface area contributed by atoms with Crippen molar-refractivity contribution in [3.8, 4) is 5.69 Å². The van der Waals surface area contributed by atoms with Crippen LogP contribution < -0.4 is 0 Å². The highest BCUT2D eigenvalue weighted by Crippen LogP contribution is 2.25. The summed E-state index contributed by atoms with van der Waals surface area (Å²) in [5, 5.41) is 19.7. The zero-order valence-electron chi connectivity index (χ0n) is 14.2. The maximum atomic E-state index is 12.4. The Morgan fingerprint density at radius 3 is 2.65 bits per heavy atom. The number of thioether (sulfide) groups is 1. The van der Waals surface area contributed by atoms with E-state index in [1.54, 1.807) is 6.07 Å². The number of hydrogen-bond acceptors (Lipinski definition) is 6. The number of hydrogen-bond donors (Lipinski definition) is 0. The smallest absolute Gasteiger partial charge is 0.270 e. The highest BCUT2D eigenvalue weighted by molar-refractivity contribution is 7.99. The molecule has 8 heteroatoms. The van der Waals surface area contributed by atoms with Crippen LogP contribution in [0.2, 0.25) is 0 Å². The third-order valence-corrected chi connectivity index (χ3v) is 4.79. The molecule has 132 valence electrons. The second-order valence-corrected chi connectivity index (χ2v) is 6.61. The van der Waals surface area contributed by atoms with Gasteiger partial charge < -0.3 is 0 Å². The van der Waals surface area contributed by atoms with Crippen LogP contribution in [0, 0.1) is 24.0 Å². The lowest BCUT2D eigenvalue weighted by Crippen LogP contribution is -2.06. The molecule has 1 heterocycles. The largest absolute Gasteiger partial charge is 0.293 e. The summed E-state index contributed by atoms with van der Waals surface area (Å²) in [6.07, 6.45) is 0. The van der Waals surface area contributed by atoms with Gasteiger partial charge in [0.25, 0.3) is 5.69 Å². The summed E-state index contributed by atoms with van der Waals surface area (Å²) < 4.78 is 1.90. The molecule has 3 aromatic rings. The highest BCUT2D eigenvalue weighted by atomic mass is 32.2. The summed E-state index contributed by atoms with van der Waals surface area (Å²) in [4.78, 5) is 22.8. The van der Waals surface area contributed by atoms with Crippen molar-refractivity contribution in [1.29, 1.82) is 0 Å². The van der Waals surface area contributed by atoms with Crippen molar-refractivity contribution >= 4 is 23.2 Å². The SMILES string of the molecule is Cc1ccccc1-n1c(C)nnc1SCC(=O)c1cccc([N+](=O)[O-])c1. The van der Waals surface area contributed by atoms with Gasteiger partial charge in [-0.1, -0.05) is 42.1 Å². The van der Waals surface area contributed by atoms with E-state index < -0.39 is 4.92 Å². The molecule has 0 amide bonds. The second kappa shape index (κ2) is 7.49. The third-order valence-electron chi connectivity index (χ3n) is 3.86. The Balaban J connectivity index is 1.81. The van der Waals surface area contributed by atoms with Gasteiger partial charge in [0.1, 0.15) is 5.82 Å². The molecule has 0 spiro atoms. The van der Waals surface area contributed by atoms with Crippen molar-refractivity contribution in [1.82, 2.24) is 14.8 Å². The number of ketones is 1. The molecule has 26 heavy (non-hydrogen) atoms. The molecule has 0 radical (unpaired) electrons. The molecule has 0 saturated heterocycles. The van der Waals surface area contributed by atoms with Crippen LogP contribution in [0.15, 0.2) is 53.7 Å². The van der Waals surface area contributed by atoms with E-state index in [1.165, 1.54) is 30.0 Å². The number of carbonyl (C=O) groups excluding carboxylic acids is 1. The molecule has 0 fully saturated rings. The fraction of sp³-hybridized carbons (Fsp3) is 0.167. The lowest BCUT2D eigenvalue weighted by Gasteiger charge is -2.10. The van der Waals surface area contributed by atoms with Gasteiger partial charge in [0.15, 0.2) is 10.9 Å².